The van der Waals surface area contributed by atoms with Crippen LogP contribution < -0.4 is 5.32 Å². The lowest BCUT2D eigenvalue weighted by atomic mass is 9.80. The zero-order chi connectivity index (χ0) is 15.2. The van der Waals surface area contributed by atoms with Gasteiger partial charge in [0.15, 0.2) is 0 Å². The molecular formula is C17H32N4. The van der Waals surface area contributed by atoms with Crippen molar-refractivity contribution >= 4 is 0 Å². The molecule has 0 aliphatic heterocycles. The third-order valence-corrected chi connectivity index (χ3v) is 5.04. The molecule has 0 radical (unpaired) electrons. The molecule has 1 aliphatic carbocycles. The molecule has 0 bridgehead atoms. The van der Waals surface area contributed by atoms with Gasteiger partial charge in [-0.15, -0.1) is 0 Å². The summed E-state index contributed by atoms with van der Waals surface area (Å²) < 4.78 is 2.13. The molecule has 120 valence electrons. The van der Waals surface area contributed by atoms with E-state index in [1.807, 2.05) is 12.4 Å². The zero-order valence-corrected chi connectivity index (χ0v) is 14.2. The van der Waals surface area contributed by atoms with Crippen LogP contribution in [0.1, 0.15) is 51.8 Å². The van der Waals surface area contributed by atoms with Gasteiger partial charge in [-0.3, -0.25) is 4.90 Å². The number of hydrogen-bond donors (Lipinski definition) is 1. The highest BCUT2D eigenvalue weighted by molar-refractivity contribution is 4.95. The minimum atomic E-state index is 0.631. The van der Waals surface area contributed by atoms with Gasteiger partial charge in [-0.2, -0.15) is 0 Å². The summed E-state index contributed by atoms with van der Waals surface area (Å²) in [6.07, 6.45) is 10.5. The molecule has 4 heteroatoms. The molecule has 1 aliphatic rings. The van der Waals surface area contributed by atoms with Crippen molar-refractivity contribution in [1.82, 2.24) is 19.8 Å². The summed E-state index contributed by atoms with van der Waals surface area (Å²) in [5.74, 6) is 2.05. The minimum Gasteiger partial charge on any atom is -0.337 e. The number of imidazole rings is 1. The maximum Gasteiger partial charge on any atom is 0.122 e. The van der Waals surface area contributed by atoms with E-state index in [9.17, 15) is 0 Å². The predicted octanol–water partition coefficient (Wildman–Crippen LogP) is 2.80. The summed E-state index contributed by atoms with van der Waals surface area (Å²) in [7, 11) is 4.34. The first kappa shape index (κ1) is 16.5. The second-order valence-electron chi connectivity index (χ2n) is 6.58. The van der Waals surface area contributed by atoms with E-state index in [1.54, 1.807) is 0 Å². The quantitative estimate of drug-likeness (QED) is 0.839. The fraction of sp³-hybridized carbons (Fsp3) is 0.824. The van der Waals surface area contributed by atoms with E-state index in [2.05, 4.69) is 47.7 Å². The summed E-state index contributed by atoms with van der Waals surface area (Å²) in [4.78, 5) is 6.99. The van der Waals surface area contributed by atoms with E-state index in [4.69, 9.17) is 0 Å². The van der Waals surface area contributed by atoms with Crippen LogP contribution in [0.4, 0.5) is 0 Å². The molecule has 1 N–H and O–H groups in total. The SMILES string of the molecule is CCCNC1CCC(CC)CC1N(C)Cc1nccn1C. The lowest BCUT2D eigenvalue weighted by Gasteiger charge is -2.41. The van der Waals surface area contributed by atoms with E-state index in [0.29, 0.717) is 12.1 Å². The number of aromatic nitrogens is 2. The second kappa shape index (κ2) is 7.95. The van der Waals surface area contributed by atoms with E-state index >= 15 is 0 Å². The summed E-state index contributed by atoms with van der Waals surface area (Å²) >= 11 is 0. The Hall–Kier alpha value is -0.870. The number of nitrogens with one attached hydrogen (secondary N) is 1. The fourth-order valence-electron chi connectivity index (χ4n) is 3.55. The van der Waals surface area contributed by atoms with Gasteiger partial charge in [0.05, 0.1) is 6.54 Å². The molecule has 0 saturated heterocycles. The Labute approximate surface area is 129 Å². The van der Waals surface area contributed by atoms with Crippen molar-refractivity contribution in [2.24, 2.45) is 13.0 Å². The number of likely N-dealkylation sites (N-methyl/N-ethyl adjacent to an activating group) is 1. The van der Waals surface area contributed by atoms with Crippen molar-refractivity contribution in [2.75, 3.05) is 13.6 Å². The molecule has 3 atom stereocenters. The van der Waals surface area contributed by atoms with Crippen LogP contribution in [0.25, 0.3) is 0 Å². The number of hydrogen-bond acceptors (Lipinski definition) is 3. The summed E-state index contributed by atoms with van der Waals surface area (Å²) in [6, 6.07) is 1.27. The van der Waals surface area contributed by atoms with Crippen LogP contribution in [-0.4, -0.2) is 40.1 Å². The monoisotopic (exact) mass is 292 g/mol. The summed E-state index contributed by atoms with van der Waals surface area (Å²) in [6.45, 7) is 6.65. The fourth-order valence-corrected chi connectivity index (χ4v) is 3.55. The largest absolute Gasteiger partial charge is 0.337 e. The molecule has 0 spiro atoms. The van der Waals surface area contributed by atoms with Crippen molar-refractivity contribution in [3.8, 4) is 0 Å². The normalized spacial score (nSPS) is 26.4. The van der Waals surface area contributed by atoms with Crippen molar-refractivity contribution in [3.63, 3.8) is 0 Å². The van der Waals surface area contributed by atoms with Crippen LogP contribution in [0.2, 0.25) is 0 Å². The van der Waals surface area contributed by atoms with Crippen LogP contribution >= 0.6 is 0 Å². The van der Waals surface area contributed by atoms with Gasteiger partial charge in [0, 0.05) is 31.5 Å². The van der Waals surface area contributed by atoms with Gasteiger partial charge in [0.1, 0.15) is 5.82 Å². The maximum absolute atomic E-state index is 4.48. The lowest BCUT2D eigenvalue weighted by molar-refractivity contribution is 0.109. The molecule has 1 fully saturated rings. The first-order valence-corrected chi connectivity index (χ1v) is 8.55. The first-order chi connectivity index (χ1) is 10.2. The van der Waals surface area contributed by atoms with Gasteiger partial charge < -0.3 is 9.88 Å². The Morgan fingerprint density at radius 2 is 2.19 bits per heavy atom. The van der Waals surface area contributed by atoms with Crippen molar-refractivity contribution in [2.45, 2.75) is 64.6 Å². The third kappa shape index (κ3) is 4.30. The molecule has 0 amide bonds. The standard InChI is InChI=1S/C17H32N4/c1-5-9-18-15-8-7-14(6-2)12-16(15)21(4)13-17-19-10-11-20(17)3/h10-11,14-16,18H,5-9,12-13H2,1-4H3. The van der Waals surface area contributed by atoms with Gasteiger partial charge in [-0.25, -0.2) is 4.98 Å². The van der Waals surface area contributed by atoms with Crippen molar-refractivity contribution < 1.29 is 0 Å². The Morgan fingerprint density at radius 1 is 1.38 bits per heavy atom. The highest BCUT2D eigenvalue weighted by Crippen LogP contribution is 2.30. The number of aryl methyl sites for hydroxylation is 1. The zero-order valence-electron chi connectivity index (χ0n) is 14.2. The van der Waals surface area contributed by atoms with Crippen LogP contribution in [0.3, 0.4) is 0 Å². The highest BCUT2D eigenvalue weighted by Gasteiger charge is 2.32. The van der Waals surface area contributed by atoms with Gasteiger partial charge in [-0.05, 0) is 45.2 Å². The average Bonchev–Trinajstić information content (AvgIpc) is 2.90. The highest BCUT2D eigenvalue weighted by atomic mass is 15.2. The third-order valence-electron chi connectivity index (χ3n) is 5.04. The minimum absolute atomic E-state index is 0.631. The number of rotatable bonds is 7. The molecule has 2 rings (SSSR count). The molecule has 1 aromatic heterocycles. The second-order valence-corrected chi connectivity index (χ2v) is 6.58. The molecule has 21 heavy (non-hydrogen) atoms. The lowest BCUT2D eigenvalue weighted by Crippen LogP contribution is -2.52. The van der Waals surface area contributed by atoms with E-state index < -0.39 is 0 Å². The van der Waals surface area contributed by atoms with Gasteiger partial charge in [0.25, 0.3) is 0 Å². The molecular weight excluding hydrogens is 260 g/mol. The van der Waals surface area contributed by atoms with Crippen molar-refractivity contribution in [3.05, 3.63) is 18.2 Å². The molecule has 4 nitrogen and oxygen atoms in total. The summed E-state index contributed by atoms with van der Waals surface area (Å²) in [5.41, 5.74) is 0. The molecule has 1 aromatic rings. The Morgan fingerprint density at radius 3 is 2.81 bits per heavy atom. The van der Waals surface area contributed by atoms with Crippen LogP contribution in [0.15, 0.2) is 12.4 Å². The average molecular weight is 292 g/mol. The van der Waals surface area contributed by atoms with E-state index in [-0.39, 0.29) is 0 Å². The summed E-state index contributed by atoms with van der Waals surface area (Å²) in [5, 5.41) is 3.77. The molecule has 1 heterocycles. The van der Waals surface area contributed by atoms with Crippen LogP contribution in [-0.2, 0) is 13.6 Å². The first-order valence-electron chi connectivity index (χ1n) is 8.55. The Kier molecular flexibility index (Phi) is 6.24. The Balaban J connectivity index is 2.01. The van der Waals surface area contributed by atoms with Gasteiger partial charge in [0.2, 0.25) is 0 Å². The van der Waals surface area contributed by atoms with Gasteiger partial charge >= 0.3 is 0 Å². The number of nitrogens with zero attached hydrogens (tertiary/aromatic N) is 3. The molecule has 3 unspecified atom stereocenters. The molecule has 0 aromatic carbocycles. The van der Waals surface area contributed by atoms with Crippen molar-refractivity contribution in [1.29, 1.82) is 0 Å². The predicted molar refractivity (Wildman–Crippen MR) is 88.2 cm³/mol. The smallest absolute Gasteiger partial charge is 0.122 e. The molecule has 1 saturated carbocycles. The van der Waals surface area contributed by atoms with Gasteiger partial charge in [-0.1, -0.05) is 20.3 Å². The van der Waals surface area contributed by atoms with E-state index in [0.717, 1.165) is 24.8 Å². The Bertz CT molecular complexity index is 415. The van der Waals surface area contributed by atoms with Crippen LogP contribution in [0, 0.1) is 5.92 Å². The maximum atomic E-state index is 4.48. The topological polar surface area (TPSA) is 33.1 Å². The van der Waals surface area contributed by atoms with Crippen LogP contribution in [0.5, 0.6) is 0 Å². The van der Waals surface area contributed by atoms with E-state index in [1.165, 1.54) is 32.1 Å².